The number of fused-ring (bicyclic) bond motifs is 2. The summed E-state index contributed by atoms with van der Waals surface area (Å²) < 4.78 is 0. The minimum atomic E-state index is 0.0290. The normalized spacial score (nSPS) is 39.6. The van der Waals surface area contributed by atoms with Crippen LogP contribution < -0.4 is 0 Å². The maximum atomic E-state index is 4.65. The van der Waals surface area contributed by atoms with Crippen LogP contribution in [0.4, 0.5) is 0 Å². The highest BCUT2D eigenvalue weighted by atomic mass is 15.2. The molecule has 6 atom stereocenters. The van der Waals surface area contributed by atoms with Crippen LogP contribution in [0.5, 0.6) is 0 Å². The minimum Gasteiger partial charge on any atom is -0.292 e. The number of hydrogen-bond acceptors (Lipinski definition) is 2. The van der Waals surface area contributed by atoms with Crippen molar-refractivity contribution in [1.29, 1.82) is 0 Å². The van der Waals surface area contributed by atoms with Gasteiger partial charge in [-0.05, 0) is 74.3 Å². The Balaban J connectivity index is 1.59. The van der Waals surface area contributed by atoms with Gasteiger partial charge in [0, 0.05) is 19.3 Å². The molecule has 3 aliphatic rings. The molecule has 2 heterocycles. The van der Waals surface area contributed by atoms with Crippen LogP contribution in [-0.4, -0.2) is 23.0 Å². The summed E-state index contributed by atoms with van der Waals surface area (Å²) in [6, 6.07) is 6.31. The van der Waals surface area contributed by atoms with E-state index < -0.39 is 0 Å². The highest BCUT2D eigenvalue weighted by Gasteiger charge is 2.59. The molecule has 0 N–H and O–H groups in total. The van der Waals surface area contributed by atoms with Crippen LogP contribution in [0.25, 0.3) is 0 Å². The molecular weight excluding hydrogens is 280 g/mol. The topological polar surface area (TPSA) is 16.1 Å². The molecule has 0 bridgehead atoms. The number of nitrogens with zero attached hydrogens (tertiary/aromatic N) is 2. The fourth-order valence-corrected chi connectivity index (χ4v) is 5.72. The number of allylic oxidation sites excluding steroid dienone is 1. The van der Waals surface area contributed by atoms with E-state index in [0.717, 1.165) is 35.5 Å². The predicted octanol–water partition coefficient (Wildman–Crippen LogP) is 4.34. The Hall–Kier alpha value is -1.15. The van der Waals surface area contributed by atoms with Crippen LogP contribution in [0.15, 0.2) is 37.1 Å². The van der Waals surface area contributed by atoms with Crippen LogP contribution in [0.1, 0.15) is 39.3 Å². The van der Waals surface area contributed by atoms with Gasteiger partial charge in [-0.2, -0.15) is 0 Å². The zero-order valence-electron chi connectivity index (χ0n) is 14.8. The molecule has 6 unspecified atom stereocenters. The zero-order chi connectivity index (χ0) is 16.2. The number of pyridine rings is 1. The van der Waals surface area contributed by atoms with E-state index in [2.05, 4.69) is 55.4 Å². The summed E-state index contributed by atoms with van der Waals surface area (Å²) in [4.78, 5) is 7.36. The fourth-order valence-electron chi connectivity index (χ4n) is 5.72. The summed E-state index contributed by atoms with van der Waals surface area (Å²) in [5.41, 5.74) is 1.23. The second kappa shape index (κ2) is 5.44. The summed E-state index contributed by atoms with van der Waals surface area (Å²) in [5, 5.41) is 0. The molecule has 2 nitrogen and oxygen atoms in total. The van der Waals surface area contributed by atoms with Crippen LogP contribution in [0.3, 0.4) is 0 Å². The predicted molar refractivity (Wildman–Crippen MR) is 94.9 cm³/mol. The van der Waals surface area contributed by atoms with Gasteiger partial charge in [0.25, 0.3) is 0 Å². The molecule has 124 valence electrons. The molecule has 23 heavy (non-hydrogen) atoms. The number of aromatic nitrogens is 1. The van der Waals surface area contributed by atoms with Crippen LogP contribution in [0.2, 0.25) is 0 Å². The van der Waals surface area contributed by atoms with Gasteiger partial charge in [0.05, 0.1) is 11.2 Å². The van der Waals surface area contributed by atoms with Crippen molar-refractivity contribution in [2.75, 3.05) is 13.1 Å². The van der Waals surface area contributed by atoms with Gasteiger partial charge < -0.3 is 0 Å². The lowest BCUT2D eigenvalue weighted by atomic mass is 9.68. The molecule has 0 spiro atoms. The van der Waals surface area contributed by atoms with Gasteiger partial charge in [0.2, 0.25) is 0 Å². The van der Waals surface area contributed by atoms with E-state index in [1.165, 1.54) is 31.6 Å². The SMILES string of the molecule is C=CCC1C2CC2C(C)C2CN(C(C)(C)c3ccccn3)CC21. The Bertz CT molecular complexity index is 579. The van der Waals surface area contributed by atoms with Gasteiger partial charge in [-0.3, -0.25) is 9.88 Å². The molecule has 2 heteroatoms. The van der Waals surface area contributed by atoms with Gasteiger partial charge in [-0.15, -0.1) is 6.58 Å². The van der Waals surface area contributed by atoms with E-state index in [-0.39, 0.29) is 5.54 Å². The first-order chi connectivity index (χ1) is 11.0. The lowest BCUT2D eigenvalue weighted by Gasteiger charge is -2.36. The second-order valence-electron chi connectivity index (χ2n) is 8.62. The van der Waals surface area contributed by atoms with Crippen molar-refractivity contribution in [3.05, 3.63) is 42.7 Å². The molecule has 0 amide bonds. The summed E-state index contributed by atoms with van der Waals surface area (Å²) in [5.74, 6) is 5.49. The first-order valence-corrected chi connectivity index (χ1v) is 9.31. The largest absolute Gasteiger partial charge is 0.292 e. The number of hydrogen-bond donors (Lipinski definition) is 0. The smallest absolute Gasteiger partial charge is 0.0601 e. The van der Waals surface area contributed by atoms with Gasteiger partial charge >= 0.3 is 0 Å². The molecule has 3 fully saturated rings. The molecule has 2 saturated carbocycles. The number of likely N-dealkylation sites (tertiary alicyclic amines) is 1. The second-order valence-corrected chi connectivity index (χ2v) is 8.62. The van der Waals surface area contributed by atoms with Crippen molar-refractivity contribution >= 4 is 0 Å². The van der Waals surface area contributed by atoms with Crippen LogP contribution >= 0.6 is 0 Å². The summed E-state index contributed by atoms with van der Waals surface area (Å²) in [6.07, 6.45) is 6.79. The average Bonchev–Trinajstić information content (AvgIpc) is 3.22. The summed E-state index contributed by atoms with van der Waals surface area (Å²) >= 11 is 0. The molecule has 4 rings (SSSR count). The Morgan fingerprint density at radius 1 is 1.22 bits per heavy atom. The van der Waals surface area contributed by atoms with E-state index in [0.29, 0.717) is 0 Å². The van der Waals surface area contributed by atoms with Gasteiger partial charge in [-0.25, -0.2) is 0 Å². The molecule has 0 radical (unpaired) electrons. The lowest BCUT2D eigenvalue weighted by molar-refractivity contribution is 0.130. The quantitative estimate of drug-likeness (QED) is 0.769. The van der Waals surface area contributed by atoms with Gasteiger partial charge in [0.15, 0.2) is 0 Å². The third-order valence-electron chi connectivity index (χ3n) is 7.28. The van der Waals surface area contributed by atoms with Gasteiger partial charge in [0.1, 0.15) is 0 Å². The lowest BCUT2D eigenvalue weighted by Crippen LogP contribution is -2.41. The standard InChI is InChI=1S/C21H30N2/c1-5-8-15-17-11-16(17)14(2)18-12-23(13-19(15)18)21(3,4)20-9-6-7-10-22-20/h5-7,9-10,14-19H,1,8,11-13H2,2-4H3. The fraction of sp³-hybridized carbons (Fsp3) is 0.667. The molecule has 1 aromatic rings. The Morgan fingerprint density at radius 3 is 2.70 bits per heavy atom. The van der Waals surface area contributed by atoms with Crippen LogP contribution in [0, 0.1) is 35.5 Å². The molecule has 1 saturated heterocycles. The molecule has 2 aliphatic carbocycles. The first kappa shape index (κ1) is 15.4. The minimum absolute atomic E-state index is 0.0290. The third-order valence-corrected chi connectivity index (χ3v) is 7.28. The molecular formula is C21H30N2. The maximum absolute atomic E-state index is 4.65. The van der Waals surface area contributed by atoms with Crippen LogP contribution in [-0.2, 0) is 5.54 Å². The van der Waals surface area contributed by atoms with E-state index in [4.69, 9.17) is 0 Å². The summed E-state index contributed by atoms with van der Waals surface area (Å²) in [6.45, 7) is 13.7. The van der Waals surface area contributed by atoms with Crippen molar-refractivity contribution in [3.8, 4) is 0 Å². The van der Waals surface area contributed by atoms with Crippen molar-refractivity contribution < 1.29 is 0 Å². The highest BCUT2D eigenvalue weighted by molar-refractivity contribution is 5.17. The van der Waals surface area contributed by atoms with E-state index in [1.807, 2.05) is 12.3 Å². The molecule has 1 aliphatic heterocycles. The Kier molecular flexibility index (Phi) is 3.64. The van der Waals surface area contributed by atoms with E-state index in [1.54, 1.807) is 0 Å². The third kappa shape index (κ3) is 2.38. The Labute approximate surface area is 141 Å². The van der Waals surface area contributed by atoms with Gasteiger partial charge in [-0.1, -0.05) is 19.1 Å². The maximum Gasteiger partial charge on any atom is 0.0601 e. The summed E-state index contributed by atoms with van der Waals surface area (Å²) in [7, 11) is 0. The van der Waals surface area contributed by atoms with E-state index >= 15 is 0 Å². The van der Waals surface area contributed by atoms with E-state index in [9.17, 15) is 0 Å². The molecule has 0 aromatic carbocycles. The zero-order valence-corrected chi connectivity index (χ0v) is 14.8. The molecule has 1 aromatic heterocycles. The van der Waals surface area contributed by atoms with Crippen molar-refractivity contribution in [3.63, 3.8) is 0 Å². The first-order valence-electron chi connectivity index (χ1n) is 9.31. The highest BCUT2D eigenvalue weighted by Crippen LogP contribution is 2.62. The average molecular weight is 310 g/mol. The monoisotopic (exact) mass is 310 g/mol. The number of rotatable bonds is 4. The van der Waals surface area contributed by atoms with Crippen molar-refractivity contribution in [2.24, 2.45) is 35.5 Å². The Morgan fingerprint density at radius 2 is 2.00 bits per heavy atom. The van der Waals surface area contributed by atoms with Crippen molar-refractivity contribution in [1.82, 2.24) is 9.88 Å². The van der Waals surface area contributed by atoms with Crippen molar-refractivity contribution in [2.45, 2.75) is 39.2 Å².